The quantitative estimate of drug-likeness (QED) is 0.765. The molecule has 2 atom stereocenters. The molecule has 0 amide bonds. The lowest BCUT2D eigenvalue weighted by molar-refractivity contribution is 0.132. The molecule has 1 aromatic heterocycles. The number of aliphatic hydroxyl groups excluding tert-OH is 1. The summed E-state index contributed by atoms with van der Waals surface area (Å²) in [5.74, 6) is 0.745. The van der Waals surface area contributed by atoms with Gasteiger partial charge in [-0.3, -0.25) is 0 Å². The lowest BCUT2D eigenvalue weighted by Crippen LogP contribution is -2.37. The molecule has 0 saturated heterocycles. The van der Waals surface area contributed by atoms with E-state index in [4.69, 9.17) is 4.74 Å². The van der Waals surface area contributed by atoms with Gasteiger partial charge in [0.1, 0.15) is 0 Å². The van der Waals surface area contributed by atoms with Crippen molar-refractivity contribution >= 4 is 11.3 Å². The second-order valence-electron chi connectivity index (χ2n) is 4.38. The normalized spacial score (nSPS) is 19.6. The molecule has 3 nitrogen and oxygen atoms in total. The van der Waals surface area contributed by atoms with Gasteiger partial charge in [0.05, 0.1) is 12.7 Å². The Kier molecular flexibility index (Phi) is 4.35. The first-order chi connectivity index (χ1) is 7.81. The molecule has 1 aliphatic rings. The van der Waals surface area contributed by atoms with Crippen molar-refractivity contribution in [3.8, 4) is 0 Å². The summed E-state index contributed by atoms with van der Waals surface area (Å²) < 4.78 is 5.19. The third kappa shape index (κ3) is 3.28. The number of methoxy groups -OCH3 is 1. The Morgan fingerprint density at radius 1 is 1.62 bits per heavy atom. The standard InChI is InChI=1S/C12H19NO2S/c1-15-7-11(9-2-3-9)13-6-12(14)10-4-5-16-8-10/h4-5,8-9,11-14H,2-3,6-7H2,1H3. The lowest BCUT2D eigenvalue weighted by atomic mass is 10.1. The summed E-state index contributed by atoms with van der Waals surface area (Å²) >= 11 is 1.62. The largest absolute Gasteiger partial charge is 0.387 e. The molecule has 0 aromatic carbocycles. The van der Waals surface area contributed by atoms with Gasteiger partial charge in [-0.15, -0.1) is 0 Å². The van der Waals surface area contributed by atoms with Gasteiger partial charge in [-0.1, -0.05) is 0 Å². The number of hydrogen-bond acceptors (Lipinski definition) is 4. The number of nitrogens with one attached hydrogen (secondary N) is 1. The van der Waals surface area contributed by atoms with Crippen LogP contribution in [0.5, 0.6) is 0 Å². The molecule has 0 aliphatic heterocycles. The van der Waals surface area contributed by atoms with Crippen LogP contribution in [0.4, 0.5) is 0 Å². The highest BCUT2D eigenvalue weighted by Gasteiger charge is 2.31. The van der Waals surface area contributed by atoms with Crippen molar-refractivity contribution in [1.29, 1.82) is 0 Å². The average Bonchev–Trinajstić information content (AvgIpc) is 2.98. The van der Waals surface area contributed by atoms with Gasteiger partial charge in [-0.25, -0.2) is 0 Å². The van der Waals surface area contributed by atoms with E-state index in [0.29, 0.717) is 12.6 Å². The first-order valence-corrected chi connectivity index (χ1v) is 6.68. The van der Waals surface area contributed by atoms with Gasteiger partial charge in [0.2, 0.25) is 0 Å². The van der Waals surface area contributed by atoms with Crippen molar-refractivity contribution in [1.82, 2.24) is 5.32 Å². The molecule has 0 radical (unpaired) electrons. The van der Waals surface area contributed by atoms with Crippen LogP contribution in [0.15, 0.2) is 16.8 Å². The minimum Gasteiger partial charge on any atom is -0.387 e. The summed E-state index contributed by atoms with van der Waals surface area (Å²) in [5.41, 5.74) is 1.00. The molecule has 1 fully saturated rings. The highest BCUT2D eigenvalue weighted by molar-refractivity contribution is 7.07. The molecule has 1 heterocycles. The topological polar surface area (TPSA) is 41.5 Å². The fraction of sp³-hybridized carbons (Fsp3) is 0.667. The smallest absolute Gasteiger partial charge is 0.0922 e. The molecule has 0 spiro atoms. The lowest BCUT2D eigenvalue weighted by Gasteiger charge is -2.19. The number of aliphatic hydroxyl groups is 1. The number of rotatable bonds is 7. The summed E-state index contributed by atoms with van der Waals surface area (Å²) in [4.78, 5) is 0. The minimum atomic E-state index is -0.399. The van der Waals surface area contributed by atoms with Crippen LogP contribution in [0.2, 0.25) is 0 Å². The molecule has 0 bridgehead atoms. The maximum atomic E-state index is 9.93. The number of hydrogen-bond donors (Lipinski definition) is 2. The number of ether oxygens (including phenoxy) is 1. The molecule has 2 unspecified atom stereocenters. The van der Waals surface area contributed by atoms with Gasteiger partial charge in [0.15, 0.2) is 0 Å². The van der Waals surface area contributed by atoms with Gasteiger partial charge in [0.25, 0.3) is 0 Å². The molecule has 1 saturated carbocycles. The molecule has 16 heavy (non-hydrogen) atoms. The van der Waals surface area contributed by atoms with E-state index in [-0.39, 0.29) is 0 Å². The molecule has 90 valence electrons. The SMILES string of the molecule is COCC(NCC(O)c1ccsc1)C1CC1. The Morgan fingerprint density at radius 3 is 3.00 bits per heavy atom. The van der Waals surface area contributed by atoms with Crippen molar-refractivity contribution in [3.63, 3.8) is 0 Å². The van der Waals surface area contributed by atoms with Gasteiger partial charge in [-0.05, 0) is 41.1 Å². The summed E-state index contributed by atoms with van der Waals surface area (Å²) in [6.45, 7) is 1.35. The summed E-state index contributed by atoms with van der Waals surface area (Å²) in [6, 6.07) is 2.37. The van der Waals surface area contributed by atoms with Crippen molar-refractivity contribution in [2.75, 3.05) is 20.3 Å². The van der Waals surface area contributed by atoms with E-state index in [0.717, 1.165) is 18.1 Å². The highest BCUT2D eigenvalue weighted by Crippen LogP contribution is 2.32. The van der Waals surface area contributed by atoms with Crippen LogP contribution in [0.25, 0.3) is 0 Å². The maximum Gasteiger partial charge on any atom is 0.0922 e. The Hall–Kier alpha value is -0.420. The average molecular weight is 241 g/mol. The molecule has 2 N–H and O–H groups in total. The van der Waals surface area contributed by atoms with Crippen molar-refractivity contribution in [2.45, 2.75) is 25.0 Å². The van der Waals surface area contributed by atoms with Crippen LogP contribution in [0, 0.1) is 5.92 Å². The minimum absolute atomic E-state index is 0.399. The molecule has 1 aromatic rings. The Labute approximate surface area is 100 Å². The molecule has 4 heteroatoms. The Bertz CT molecular complexity index is 298. The summed E-state index contributed by atoms with van der Waals surface area (Å²) in [5, 5.41) is 17.3. The molecule has 1 aliphatic carbocycles. The first-order valence-electron chi connectivity index (χ1n) is 5.73. The Balaban J connectivity index is 1.76. The highest BCUT2D eigenvalue weighted by atomic mass is 32.1. The third-order valence-corrected chi connectivity index (χ3v) is 3.74. The predicted octanol–water partition coefficient (Wildman–Crippen LogP) is 1.80. The molecule has 2 rings (SSSR count). The summed E-state index contributed by atoms with van der Waals surface area (Å²) in [7, 11) is 1.73. The van der Waals surface area contributed by atoms with Gasteiger partial charge in [0, 0.05) is 19.7 Å². The van der Waals surface area contributed by atoms with Crippen LogP contribution >= 0.6 is 11.3 Å². The van der Waals surface area contributed by atoms with E-state index < -0.39 is 6.10 Å². The zero-order valence-corrected chi connectivity index (χ0v) is 10.4. The van der Waals surface area contributed by atoms with Gasteiger partial charge in [-0.2, -0.15) is 11.3 Å². The molecular formula is C12H19NO2S. The predicted molar refractivity (Wildman–Crippen MR) is 65.7 cm³/mol. The maximum absolute atomic E-state index is 9.93. The van der Waals surface area contributed by atoms with Crippen LogP contribution in [-0.4, -0.2) is 31.4 Å². The van der Waals surface area contributed by atoms with Crippen LogP contribution in [0.3, 0.4) is 0 Å². The second kappa shape index (κ2) is 5.77. The van der Waals surface area contributed by atoms with E-state index in [1.807, 2.05) is 16.8 Å². The molecular weight excluding hydrogens is 222 g/mol. The van der Waals surface area contributed by atoms with E-state index >= 15 is 0 Å². The Morgan fingerprint density at radius 2 is 2.44 bits per heavy atom. The van der Waals surface area contributed by atoms with E-state index in [1.54, 1.807) is 18.4 Å². The van der Waals surface area contributed by atoms with Crippen molar-refractivity contribution in [2.24, 2.45) is 5.92 Å². The monoisotopic (exact) mass is 241 g/mol. The second-order valence-corrected chi connectivity index (χ2v) is 5.16. The van der Waals surface area contributed by atoms with Gasteiger partial charge < -0.3 is 15.2 Å². The van der Waals surface area contributed by atoms with Crippen LogP contribution in [0.1, 0.15) is 24.5 Å². The van der Waals surface area contributed by atoms with Crippen LogP contribution in [-0.2, 0) is 4.74 Å². The zero-order chi connectivity index (χ0) is 11.4. The fourth-order valence-electron chi connectivity index (χ4n) is 1.89. The van der Waals surface area contributed by atoms with E-state index in [9.17, 15) is 5.11 Å². The van der Waals surface area contributed by atoms with Crippen molar-refractivity contribution in [3.05, 3.63) is 22.4 Å². The first kappa shape index (κ1) is 12.0. The van der Waals surface area contributed by atoms with Crippen LogP contribution < -0.4 is 5.32 Å². The van der Waals surface area contributed by atoms with Crippen molar-refractivity contribution < 1.29 is 9.84 Å². The van der Waals surface area contributed by atoms with E-state index in [1.165, 1.54) is 12.8 Å². The van der Waals surface area contributed by atoms with Gasteiger partial charge >= 0.3 is 0 Å². The van der Waals surface area contributed by atoms with E-state index in [2.05, 4.69) is 5.32 Å². The fourth-order valence-corrected chi connectivity index (χ4v) is 2.59. The number of thiophene rings is 1. The third-order valence-electron chi connectivity index (χ3n) is 3.04. The summed E-state index contributed by atoms with van der Waals surface area (Å²) in [6.07, 6.45) is 2.18. The zero-order valence-electron chi connectivity index (χ0n) is 9.56.